The first-order valence-corrected chi connectivity index (χ1v) is 9.31. The Balaban J connectivity index is 1.73. The highest BCUT2D eigenvalue weighted by molar-refractivity contribution is 5.98. The number of carbonyl (C=O) groups excluding carboxylic acids is 1. The normalized spacial score (nSPS) is 18.5. The van der Waals surface area contributed by atoms with Crippen LogP contribution >= 0.6 is 0 Å². The van der Waals surface area contributed by atoms with Crippen molar-refractivity contribution in [2.24, 2.45) is 17.8 Å². The van der Waals surface area contributed by atoms with Crippen LogP contribution in [-0.2, 0) is 11.8 Å². The molecular formula is C21H27N5O. The number of rotatable bonds is 5. The molecule has 0 aromatic carbocycles. The highest BCUT2D eigenvalue weighted by Gasteiger charge is 2.21. The molecule has 1 aliphatic carbocycles. The molecular weight excluding hydrogens is 338 g/mol. The summed E-state index contributed by atoms with van der Waals surface area (Å²) in [6.45, 7) is 6.06. The first-order chi connectivity index (χ1) is 12.9. The van der Waals surface area contributed by atoms with Gasteiger partial charge in [-0.3, -0.25) is 19.5 Å². The van der Waals surface area contributed by atoms with Gasteiger partial charge in [-0.25, -0.2) is 0 Å². The first-order valence-electron chi connectivity index (χ1n) is 9.31. The van der Waals surface area contributed by atoms with Crippen molar-refractivity contribution < 1.29 is 4.79 Å². The van der Waals surface area contributed by atoms with Crippen molar-refractivity contribution in [2.75, 3.05) is 0 Å². The van der Waals surface area contributed by atoms with E-state index in [9.17, 15) is 4.79 Å². The molecule has 2 heterocycles. The zero-order valence-electron chi connectivity index (χ0n) is 16.4. The standard InChI is InChI=1S/C21H27N5O/c1-13-11-17(9-10-23-13)19(21(22)27)12-24-18-7-5-16(6-8-18)20-14(2)25-26(4)15(20)3/h5,9-12,18-19H,6-8H2,1-4H3,(H2,22,27). The fraction of sp³-hybridized carbons (Fsp3) is 0.429. The van der Waals surface area contributed by atoms with E-state index in [0.717, 1.165) is 36.2 Å². The van der Waals surface area contributed by atoms with Gasteiger partial charge in [0.15, 0.2) is 0 Å². The molecule has 0 aliphatic heterocycles. The third kappa shape index (κ3) is 4.15. The summed E-state index contributed by atoms with van der Waals surface area (Å²) in [6.07, 6.45) is 8.45. The van der Waals surface area contributed by atoms with E-state index in [0.29, 0.717) is 0 Å². The van der Waals surface area contributed by atoms with Gasteiger partial charge in [-0.05, 0) is 63.3 Å². The minimum atomic E-state index is -0.514. The van der Waals surface area contributed by atoms with Crippen LogP contribution in [0.5, 0.6) is 0 Å². The summed E-state index contributed by atoms with van der Waals surface area (Å²) in [6, 6.07) is 3.88. The zero-order chi connectivity index (χ0) is 19.6. The van der Waals surface area contributed by atoms with Crippen LogP contribution in [-0.4, -0.2) is 32.9 Å². The van der Waals surface area contributed by atoms with Crippen molar-refractivity contribution >= 4 is 17.7 Å². The topological polar surface area (TPSA) is 86.2 Å². The molecule has 2 aromatic rings. The van der Waals surface area contributed by atoms with Gasteiger partial charge in [-0.2, -0.15) is 5.10 Å². The van der Waals surface area contributed by atoms with Gasteiger partial charge in [0.2, 0.25) is 5.91 Å². The van der Waals surface area contributed by atoms with Crippen molar-refractivity contribution in [1.29, 1.82) is 0 Å². The third-order valence-corrected chi connectivity index (χ3v) is 5.25. The fourth-order valence-corrected chi connectivity index (χ4v) is 3.71. The Hall–Kier alpha value is -2.76. The number of amides is 1. The molecule has 6 nitrogen and oxygen atoms in total. The molecule has 0 saturated heterocycles. The van der Waals surface area contributed by atoms with Crippen molar-refractivity contribution in [1.82, 2.24) is 14.8 Å². The summed E-state index contributed by atoms with van der Waals surface area (Å²) in [5.74, 6) is -0.905. The molecule has 27 heavy (non-hydrogen) atoms. The van der Waals surface area contributed by atoms with Gasteiger partial charge in [-0.1, -0.05) is 6.08 Å². The summed E-state index contributed by atoms with van der Waals surface area (Å²) in [5.41, 5.74) is 12.2. The monoisotopic (exact) mass is 365 g/mol. The largest absolute Gasteiger partial charge is 0.369 e. The second kappa shape index (κ2) is 7.86. The lowest BCUT2D eigenvalue weighted by Gasteiger charge is -2.20. The van der Waals surface area contributed by atoms with Gasteiger partial charge >= 0.3 is 0 Å². The summed E-state index contributed by atoms with van der Waals surface area (Å²) in [4.78, 5) is 20.7. The second-order valence-electron chi connectivity index (χ2n) is 7.24. The Morgan fingerprint density at radius 2 is 2.19 bits per heavy atom. The van der Waals surface area contributed by atoms with Crippen LogP contribution in [0.15, 0.2) is 29.4 Å². The Bertz CT molecular complexity index is 909. The number of pyridine rings is 1. The summed E-state index contributed by atoms with van der Waals surface area (Å²) in [7, 11) is 1.98. The number of primary amides is 1. The van der Waals surface area contributed by atoms with Gasteiger partial charge in [-0.15, -0.1) is 0 Å². The van der Waals surface area contributed by atoms with Crippen molar-refractivity contribution in [3.8, 4) is 0 Å². The van der Waals surface area contributed by atoms with E-state index in [1.807, 2.05) is 30.8 Å². The van der Waals surface area contributed by atoms with Crippen LogP contribution in [0.4, 0.5) is 0 Å². The van der Waals surface area contributed by atoms with Crippen molar-refractivity contribution in [3.63, 3.8) is 0 Å². The number of aliphatic imine (C=N–C) groups is 1. The van der Waals surface area contributed by atoms with E-state index in [-0.39, 0.29) is 6.04 Å². The van der Waals surface area contributed by atoms with Crippen LogP contribution in [0, 0.1) is 20.8 Å². The van der Waals surface area contributed by atoms with E-state index >= 15 is 0 Å². The molecule has 2 aromatic heterocycles. The van der Waals surface area contributed by atoms with Gasteiger partial charge < -0.3 is 5.73 Å². The molecule has 0 bridgehead atoms. The average Bonchev–Trinajstić information content (AvgIpc) is 2.88. The molecule has 0 radical (unpaired) electrons. The van der Waals surface area contributed by atoms with Gasteiger partial charge in [0.25, 0.3) is 0 Å². The molecule has 2 unspecified atom stereocenters. The quantitative estimate of drug-likeness (QED) is 0.826. The first kappa shape index (κ1) is 19.0. The zero-order valence-corrected chi connectivity index (χ0v) is 16.4. The molecule has 3 rings (SSSR count). The Kier molecular flexibility index (Phi) is 5.54. The number of aromatic nitrogens is 3. The van der Waals surface area contributed by atoms with Gasteiger partial charge in [0.1, 0.15) is 0 Å². The summed E-state index contributed by atoms with van der Waals surface area (Å²) < 4.78 is 1.93. The minimum Gasteiger partial charge on any atom is -0.369 e. The van der Waals surface area contributed by atoms with Crippen LogP contribution in [0.3, 0.4) is 0 Å². The summed E-state index contributed by atoms with van der Waals surface area (Å²) >= 11 is 0. The molecule has 142 valence electrons. The minimum absolute atomic E-state index is 0.177. The number of hydrogen-bond donors (Lipinski definition) is 1. The van der Waals surface area contributed by atoms with Crippen LogP contribution in [0.2, 0.25) is 0 Å². The maximum atomic E-state index is 11.9. The van der Waals surface area contributed by atoms with Crippen molar-refractivity contribution in [3.05, 3.63) is 52.6 Å². The second-order valence-corrected chi connectivity index (χ2v) is 7.24. The Labute approximate surface area is 160 Å². The van der Waals surface area contributed by atoms with Crippen LogP contribution in [0.1, 0.15) is 53.4 Å². The fourth-order valence-electron chi connectivity index (χ4n) is 3.71. The molecule has 1 amide bonds. The number of nitrogens with two attached hydrogens (primary N) is 1. The lowest BCUT2D eigenvalue weighted by molar-refractivity contribution is -0.117. The molecule has 2 N–H and O–H groups in total. The Morgan fingerprint density at radius 1 is 1.41 bits per heavy atom. The van der Waals surface area contributed by atoms with E-state index in [2.05, 4.69) is 35.0 Å². The molecule has 2 atom stereocenters. The maximum absolute atomic E-state index is 11.9. The highest BCUT2D eigenvalue weighted by Crippen LogP contribution is 2.32. The molecule has 0 spiro atoms. The van der Waals surface area contributed by atoms with Crippen LogP contribution in [0.25, 0.3) is 5.57 Å². The Morgan fingerprint density at radius 3 is 2.74 bits per heavy atom. The van der Waals surface area contributed by atoms with E-state index < -0.39 is 11.8 Å². The van der Waals surface area contributed by atoms with E-state index in [1.165, 1.54) is 16.8 Å². The third-order valence-electron chi connectivity index (χ3n) is 5.25. The predicted octanol–water partition coefficient (Wildman–Crippen LogP) is 3.02. The smallest absolute Gasteiger partial charge is 0.230 e. The number of aryl methyl sites for hydroxylation is 3. The lowest BCUT2D eigenvalue weighted by Crippen LogP contribution is -2.23. The average molecular weight is 365 g/mol. The van der Waals surface area contributed by atoms with Gasteiger partial charge in [0.05, 0.1) is 17.7 Å². The number of nitrogens with zero attached hydrogens (tertiary/aromatic N) is 4. The SMILES string of the molecule is Cc1cc(C(C=NC2CC=C(c3c(C)nn(C)c3C)CC2)C(N)=O)ccn1. The summed E-state index contributed by atoms with van der Waals surface area (Å²) in [5, 5.41) is 4.51. The number of hydrogen-bond acceptors (Lipinski definition) is 4. The maximum Gasteiger partial charge on any atom is 0.230 e. The lowest BCUT2D eigenvalue weighted by atomic mass is 9.90. The van der Waals surface area contributed by atoms with Crippen LogP contribution < -0.4 is 5.73 Å². The van der Waals surface area contributed by atoms with Crippen molar-refractivity contribution in [2.45, 2.75) is 52.0 Å². The molecule has 6 heteroatoms. The van der Waals surface area contributed by atoms with E-state index in [1.54, 1.807) is 12.4 Å². The molecule has 0 fully saturated rings. The number of carbonyl (C=O) groups is 1. The molecule has 1 aliphatic rings. The predicted molar refractivity (Wildman–Crippen MR) is 108 cm³/mol. The van der Waals surface area contributed by atoms with E-state index in [4.69, 9.17) is 5.73 Å². The number of allylic oxidation sites excluding steroid dienone is 1. The molecule has 0 saturated carbocycles. The van der Waals surface area contributed by atoms with Gasteiger partial charge in [0, 0.05) is 36.4 Å². The highest BCUT2D eigenvalue weighted by atomic mass is 16.1.